The molecular weight excluding hydrogens is 519 g/mol. The van der Waals surface area contributed by atoms with Gasteiger partial charge in [-0.1, -0.05) is 64.9 Å². The number of carbonyl (C=O) groups excluding carboxylic acids is 1. The highest BCUT2D eigenvalue weighted by Crippen LogP contribution is 2.34. The van der Waals surface area contributed by atoms with E-state index in [1.54, 1.807) is 56.3 Å². The van der Waals surface area contributed by atoms with Gasteiger partial charge in [0.2, 0.25) is 0 Å². The minimum absolute atomic E-state index is 0.197. The lowest BCUT2D eigenvalue weighted by Gasteiger charge is -2.25. The standard InChI is InChI=1S/C27H20Cl2N2O4S/c1-3-34-26(33)23-15(2)30-27-31(24(23)19-9-4-5-10-20(19)29)25(32)22(36-27)14-18-11-12-21(35-18)16-7-6-8-17(28)13-16/h4-14,24H,3H2,1-2H3. The summed E-state index contributed by atoms with van der Waals surface area (Å²) in [7, 11) is 0. The number of allylic oxidation sites excluding steroid dienone is 1. The molecule has 1 atom stereocenters. The fourth-order valence-corrected chi connectivity index (χ4v) is 5.60. The van der Waals surface area contributed by atoms with Crippen molar-refractivity contribution >= 4 is 46.6 Å². The largest absolute Gasteiger partial charge is 0.463 e. The van der Waals surface area contributed by atoms with E-state index in [2.05, 4.69) is 4.99 Å². The van der Waals surface area contributed by atoms with Gasteiger partial charge in [0.15, 0.2) is 4.80 Å². The quantitative estimate of drug-likeness (QED) is 0.320. The van der Waals surface area contributed by atoms with Crippen LogP contribution < -0.4 is 14.9 Å². The molecule has 0 aliphatic carbocycles. The van der Waals surface area contributed by atoms with E-state index >= 15 is 0 Å². The molecule has 9 heteroatoms. The van der Waals surface area contributed by atoms with Crippen molar-refractivity contribution < 1.29 is 13.9 Å². The highest BCUT2D eigenvalue weighted by Gasteiger charge is 2.34. The molecule has 4 aromatic rings. The minimum Gasteiger partial charge on any atom is -0.463 e. The monoisotopic (exact) mass is 538 g/mol. The van der Waals surface area contributed by atoms with Crippen molar-refractivity contribution in [3.63, 3.8) is 0 Å². The van der Waals surface area contributed by atoms with Gasteiger partial charge in [-0.25, -0.2) is 9.79 Å². The molecule has 2 aromatic carbocycles. The van der Waals surface area contributed by atoms with E-state index in [1.807, 2.05) is 24.3 Å². The number of carbonyl (C=O) groups is 1. The Morgan fingerprint density at radius 3 is 2.72 bits per heavy atom. The Labute approximate surface area is 220 Å². The molecule has 6 nitrogen and oxygen atoms in total. The number of furan rings is 1. The number of ether oxygens (including phenoxy) is 1. The van der Waals surface area contributed by atoms with Crippen LogP contribution in [0.3, 0.4) is 0 Å². The molecule has 182 valence electrons. The maximum absolute atomic E-state index is 13.7. The Kier molecular flexibility index (Phi) is 6.71. The molecule has 0 spiro atoms. The van der Waals surface area contributed by atoms with Crippen LogP contribution in [-0.4, -0.2) is 17.1 Å². The molecule has 1 aliphatic heterocycles. The van der Waals surface area contributed by atoms with Gasteiger partial charge in [-0.2, -0.15) is 0 Å². The third-order valence-corrected chi connectivity index (χ3v) is 7.29. The van der Waals surface area contributed by atoms with Gasteiger partial charge in [-0.15, -0.1) is 0 Å². The molecule has 0 amide bonds. The summed E-state index contributed by atoms with van der Waals surface area (Å²) in [5.74, 6) is 0.604. The highest BCUT2D eigenvalue weighted by molar-refractivity contribution is 7.07. The van der Waals surface area contributed by atoms with E-state index in [4.69, 9.17) is 32.4 Å². The number of thiazole rings is 1. The van der Waals surface area contributed by atoms with Crippen LogP contribution in [0, 0.1) is 0 Å². The molecule has 36 heavy (non-hydrogen) atoms. The number of benzene rings is 2. The normalized spacial score (nSPS) is 15.6. The zero-order valence-corrected chi connectivity index (χ0v) is 21.7. The van der Waals surface area contributed by atoms with E-state index in [0.717, 1.165) is 5.56 Å². The minimum atomic E-state index is -0.769. The molecule has 0 fully saturated rings. The molecular formula is C27H20Cl2N2O4S. The van der Waals surface area contributed by atoms with E-state index in [-0.39, 0.29) is 17.7 Å². The number of aromatic nitrogens is 1. The Hall–Kier alpha value is -3.39. The van der Waals surface area contributed by atoms with Gasteiger partial charge in [0.25, 0.3) is 5.56 Å². The molecule has 3 heterocycles. The highest BCUT2D eigenvalue weighted by atomic mass is 35.5. The smallest absolute Gasteiger partial charge is 0.338 e. The summed E-state index contributed by atoms with van der Waals surface area (Å²) in [5, 5.41) is 1.04. The van der Waals surface area contributed by atoms with Gasteiger partial charge in [0.1, 0.15) is 17.6 Å². The lowest BCUT2D eigenvalue weighted by atomic mass is 9.96. The van der Waals surface area contributed by atoms with Crippen molar-refractivity contribution in [3.8, 4) is 11.3 Å². The zero-order chi connectivity index (χ0) is 25.4. The van der Waals surface area contributed by atoms with Crippen LogP contribution in [0.1, 0.15) is 31.2 Å². The molecule has 1 aliphatic rings. The van der Waals surface area contributed by atoms with Crippen molar-refractivity contribution in [2.75, 3.05) is 6.61 Å². The number of hydrogen-bond acceptors (Lipinski definition) is 6. The van der Waals surface area contributed by atoms with Crippen LogP contribution in [0.5, 0.6) is 0 Å². The predicted octanol–water partition coefficient (Wildman–Crippen LogP) is 5.37. The van der Waals surface area contributed by atoms with Crippen molar-refractivity contribution in [2.45, 2.75) is 19.9 Å². The van der Waals surface area contributed by atoms with E-state index < -0.39 is 12.0 Å². The van der Waals surface area contributed by atoms with Crippen LogP contribution in [0.25, 0.3) is 17.4 Å². The lowest BCUT2D eigenvalue weighted by Crippen LogP contribution is -2.40. The zero-order valence-electron chi connectivity index (χ0n) is 19.3. The van der Waals surface area contributed by atoms with Crippen LogP contribution >= 0.6 is 34.5 Å². The molecule has 0 N–H and O–H groups in total. The second kappa shape index (κ2) is 9.93. The maximum atomic E-state index is 13.7. The van der Waals surface area contributed by atoms with Crippen molar-refractivity contribution in [3.05, 3.63) is 113 Å². The van der Waals surface area contributed by atoms with Crippen LogP contribution in [0.15, 0.2) is 86.1 Å². The Morgan fingerprint density at radius 2 is 1.97 bits per heavy atom. The van der Waals surface area contributed by atoms with Crippen LogP contribution in [0.4, 0.5) is 0 Å². The number of esters is 1. The predicted molar refractivity (Wildman–Crippen MR) is 141 cm³/mol. The first-order chi connectivity index (χ1) is 17.4. The van der Waals surface area contributed by atoms with Gasteiger partial charge in [0, 0.05) is 21.7 Å². The molecule has 0 bridgehead atoms. The first-order valence-electron chi connectivity index (χ1n) is 11.2. The molecule has 0 radical (unpaired) electrons. The van der Waals surface area contributed by atoms with Gasteiger partial charge >= 0.3 is 5.97 Å². The SMILES string of the molecule is CCOC(=O)C1=C(C)N=c2sc(=Cc3ccc(-c4cccc(Cl)c4)o3)c(=O)n2C1c1ccccc1Cl. The second-order valence-corrected chi connectivity index (χ2v) is 9.89. The average molecular weight is 539 g/mol. The van der Waals surface area contributed by atoms with E-state index in [9.17, 15) is 9.59 Å². The number of halogens is 2. The fraction of sp³-hybridized carbons (Fsp3) is 0.148. The molecule has 0 saturated carbocycles. The lowest BCUT2D eigenvalue weighted by molar-refractivity contribution is -0.139. The summed E-state index contributed by atoms with van der Waals surface area (Å²) in [4.78, 5) is 31.7. The summed E-state index contributed by atoms with van der Waals surface area (Å²) in [6, 6.07) is 17.3. The summed E-state index contributed by atoms with van der Waals surface area (Å²) in [6.45, 7) is 3.66. The fourth-order valence-electron chi connectivity index (χ4n) is 4.14. The average Bonchev–Trinajstić information content (AvgIpc) is 3.43. The van der Waals surface area contributed by atoms with Gasteiger partial charge in [-0.05, 0) is 49.7 Å². The summed E-state index contributed by atoms with van der Waals surface area (Å²) < 4.78 is 13.2. The summed E-state index contributed by atoms with van der Waals surface area (Å²) in [6.07, 6.45) is 1.67. The number of nitrogens with zero attached hydrogens (tertiary/aromatic N) is 2. The Bertz CT molecular complexity index is 1700. The van der Waals surface area contributed by atoms with Crippen LogP contribution in [0.2, 0.25) is 10.0 Å². The number of rotatable bonds is 5. The molecule has 2 aromatic heterocycles. The molecule has 5 rings (SSSR count). The molecule has 0 saturated heterocycles. The first-order valence-corrected chi connectivity index (χ1v) is 12.7. The Balaban J connectivity index is 1.66. The number of hydrogen-bond donors (Lipinski definition) is 0. The topological polar surface area (TPSA) is 73.8 Å². The Morgan fingerprint density at radius 1 is 1.17 bits per heavy atom. The van der Waals surface area contributed by atoms with Gasteiger partial charge < -0.3 is 9.15 Å². The van der Waals surface area contributed by atoms with Crippen molar-refractivity contribution in [1.29, 1.82) is 0 Å². The van der Waals surface area contributed by atoms with E-state index in [0.29, 0.717) is 42.2 Å². The van der Waals surface area contributed by atoms with Gasteiger partial charge in [-0.3, -0.25) is 9.36 Å². The third-order valence-electron chi connectivity index (χ3n) is 5.73. The third kappa shape index (κ3) is 4.46. The summed E-state index contributed by atoms with van der Waals surface area (Å²) >= 11 is 13.8. The van der Waals surface area contributed by atoms with Gasteiger partial charge in [0.05, 0.1) is 22.4 Å². The van der Waals surface area contributed by atoms with Crippen LogP contribution in [-0.2, 0) is 9.53 Å². The summed E-state index contributed by atoms with van der Waals surface area (Å²) in [5.41, 5.74) is 1.90. The maximum Gasteiger partial charge on any atom is 0.338 e. The van der Waals surface area contributed by atoms with E-state index in [1.165, 1.54) is 15.9 Å². The molecule has 1 unspecified atom stereocenters. The van der Waals surface area contributed by atoms with Crippen molar-refractivity contribution in [2.24, 2.45) is 4.99 Å². The van der Waals surface area contributed by atoms with Crippen molar-refractivity contribution in [1.82, 2.24) is 4.57 Å². The first kappa shape index (κ1) is 24.3. The second-order valence-electron chi connectivity index (χ2n) is 8.04. The number of fused-ring (bicyclic) bond motifs is 1.